The number of nitrogens with one attached hydrogen (secondary N) is 2. The third kappa shape index (κ3) is 5.57. The van der Waals surface area contributed by atoms with Crippen LogP contribution in [0.25, 0.3) is 0 Å². The molecule has 4 rings (SSSR count). The van der Waals surface area contributed by atoms with Crippen molar-refractivity contribution in [1.29, 1.82) is 0 Å². The van der Waals surface area contributed by atoms with Crippen molar-refractivity contribution in [3.63, 3.8) is 0 Å². The molecule has 8 nitrogen and oxygen atoms in total. The normalized spacial score (nSPS) is 24.3. The summed E-state index contributed by atoms with van der Waals surface area (Å²) in [6.45, 7) is 2.52. The molecule has 8 heteroatoms. The first-order valence-corrected chi connectivity index (χ1v) is 10.6. The fourth-order valence-corrected chi connectivity index (χ4v) is 4.30. The van der Waals surface area contributed by atoms with Crippen molar-refractivity contribution in [2.75, 3.05) is 40.4 Å². The van der Waals surface area contributed by atoms with Crippen molar-refractivity contribution in [2.24, 2.45) is 11.8 Å². The van der Waals surface area contributed by atoms with Gasteiger partial charge in [0.05, 0.1) is 26.1 Å². The van der Waals surface area contributed by atoms with E-state index in [9.17, 15) is 9.59 Å². The highest BCUT2D eigenvalue weighted by Crippen LogP contribution is 2.31. The van der Waals surface area contributed by atoms with Gasteiger partial charge >= 0.3 is 11.9 Å². The molecular formula is C24H30N2O6. The molecule has 2 fully saturated rings. The van der Waals surface area contributed by atoms with E-state index in [4.69, 9.17) is 19.7 Å². The SMILES string of the molecule is COc1ccc(C2CNCC2C(=O)O)cc1.COc1cccc(C2CNCC2C(=O)O)c1. The van der Waals surface area contributed by atoms with E-state index >= 15 is 0 Å². The van der Waals surface area contributed by atoms with Gasteiger partial charge in [0.25, 0.3) is 0 Å². The number of hydrogen-bond acceptors (Lipinski definition) is 6. The lowest BCUT2D eigenvalue weighted by Crippen LogP contribution is -2.20. The molecule has 0 aromatic heterocycles. The molecule has 4 N–H and O–H groups in total. The minimum absolute atomic E-state index is 0.0348. The maximum Gasteiger partial charge on any atom is 0.308 e. The standard InChI is InChI=1S/2C12H15NO3/c1-16-9-4-2-8(3-5-9)10-6-13-7-11(10)12(14)15;1-16-9-4-2-3-8(5-9)10-6-13-7-11(10)12(14)15/h2*2-5,10-11,13H,6-7H2,1H3,(H,14,15). The number of rotatable bonds is 6. The molecule has 2 aliphatic heterocycles. The van der Waals surface area contributed by atoms with E-state index in [1.54, 1.807) is 14.2 Å². The number of aliphatic carboxylic acids is 2. The van der Waals surface area contributed by atoms with Crippen LogP contribution in [0.15, 0.2) is 48.5 Å². The molecule has 0 aliphatic carbocycles. The van der Waals surface area contributed by atoms with Crippen molar-refractivity contribution in [1.82, 2.24) is 10.6 Å². The first kappa shape index (κ1) is 23.6. The summed E-state index contributed by atoms with van der Waals surface area (Å²) in [6.07, 6.45) is 0. The first-order chi connectivity index (χ1) is 15.4. The van der Waals surface area contributed by atoms with E-state index in [0.29, 0.717) is 19.6 Å². The maximum atomic E-state index is 11.1. The molecule has 32 heavy (non-hydrogen) atoms. The Labute approximate surface area is 187 Å². The van der Waals surface area contributed by atoms with Crippen LogP contribution in [0, 0.1) is 11.8 Å². The molecule has 0 bridgehead atoms. The summed E-state index contributed by atoms with van der Waals surface area (Å²) in [7, 11) is 3.23. The molecule has 2 aliphatic rings. The van der Waals surface area contributed by atoms with Gasteiger partial charge in [-0.25, -0.2) is 0 Å². The molecule has 0 radical (unpaired) electrons. The molecule has 0 saturated carbocycles. The van der Waals surface area contributed by atoms with Gasteiger partial charge in [-0.1, -0.05) is 24.3 Å². The number of carboxylic acids is 2. The first-order valence-electron chi connectivity index (χ1n) is 10.6. The molecular weight excluding hydrogens is 412 g/mol. The Balaban J connectivity index is 0.000000181. The average molecular weight is 443 g/mol. The molecule has 0 spiro atoms. The number of hydrogen-bond donors (Lipinski definition) is 4. The van der Waals surface area contributed by atoms with Gasteiger partial charge < -0.3 is 30.3 Å². The van der Waals surface area contributed by atoms with E-state index in [1.807, 2.05) is 48.5 Å². The fourth-order valence-electron chi connectivity index (χ4n) is 4.30. The van der Waals surface area contributed by atoms with E-state index in [-0.39, 0.29) is 23.7 Å². The van der Waals surface area contributed by atoms with Gasteiger partial charge in [-0.3, -0.25) is 9.59 Å². The highest BCUT2D eigenvalue weighted by molar-refractivity contribution is 5.73. The number of ether oxygens (including phenoxy) is 2. The largest absolute Gasteiger partial charge is 0.497 e. The van der Waals surface area contributed by atoms with Crippen LogP contribution in [0.4, 0.5) is 0 Å². The van der Waals surface area contributed by atoms with Crippen LogP contribution in [0.2, 0.25) is 0 Å². The molecule has 4 atom stereocenters. The number of carbonyl (C=O) groups is 2. The fraction of sp³-hybridized carbons (Fsp3) is 0.417. The molecule has 4 unspecified atom stereocenters. The van der Waals surface area contributed by atoms with Gasteiger partial charge in [-0.15, -0.1) is 0 Å². The highest BCUT2D eigenvalue weighted by Gasteiger charge is 2.34. The second-order valence-corrected chi connectivity index (χ2v) is 7.97. The van der Waals surface area contributed by atoms with Gasteiger partial charge in [0.15, 0.2) is 0 Å². The summed E-state index contributed by atoms with van der Waals surface area (Å²) in [5, 5.41) is 24.4. The Bertz CT molecular complexity index is 917. The van der Waals surface area contributed by atoms with Gasteiger partial charge in [-0.05, 0) is 35.4 Å². The van der Waals surface area contributed by atoms with Crippen molar-refractivity contribution in [3.05, 3.63) is 59.7 Å². The van der Waals surface area contributed by atoms with Crippen LogP contribution < -0.4 is 20.1 Å². The van der Waals surface area contributed by atoms with Crippen molar-refractivity contribution >= 4 is 11.9 Å². The zero-order valence-electron chi connectivity index (χ0n) is 18.3. The third-order valence-electron chi connectivity index (χ3n) is 6.13. The lowest BCUT2D eigenvalue weighted by Gasteiger charge is -2.15. The second-order valence-electron chi connectivity index (χ2n) is 7.97. The number of carboxylic acid groups (broad SMARTS) is 2. The van der Waals surface area contributed by atoms with Crippen LogP contribution in [0.3, 0.4) is 0 Å². The summed E-state index contributed by atoms with van der Waals surface area (Å²) >= 11 is 0. The Morgan fingerprint density at radius 1 is 0.750 bits per heavy atom. The summed E-state index contributed by atoms with van der Waals surface area (Å²) in [5.41, 5.74) is 2.08. The quantitative estimate of drug-likeness (QED) is 0.538. The van der Waals surface area contributed by atoms with Crippen LogP contribution in [-0.4, -0.2) is 62.6 Å². The summed E-state index contributed by atoms with van der Waals surface area (Å²) in [4.78, 5) is 22.1. The predicted molar refractivity (Wildman–Crippen MR) is 119 cm³/mol. The van der Waals surface area contributed by atoms with Crippen LogP contribution in [0.5, 0.6) is 11.5 Å². The Morgan fingerprint density at radius 3 is 1.78 bits per heavy atom. The zero-order chi connectivity index (χ0) is 23.1. The Hall–Kier alpha value is -3.10. The number of methoxy groups -OCH3 is 2. The van der Waals surface area contributed by atoms with Gasteiger partial charge in [0, 0.05) is 38.0 Å². The monoisotopic (exact) mass is 442 g/mol. The van der Waals surface area contributed by atoms with Gasteiger partial charge in [-0.2, -0.15) is 0 Å². The van der Waals surface area contributed by atoms with E-state index in [0.717, 1.165) is 29.2 Å². The Morgan fingerprint density at radius 2 is 1.28 bits per heavy atom. The van der Waals surface area contributed by atoms with Crippen LogP contribution in [-0.2, 0) is 9.59 Å². The van der Waals surface area contributed by atoms with Crippen molar-refractivity contribution in [3.8, 4) is 11.5 Å². The van der Waals surface area contributed by atoms with E-state index in [1.165, 1.54) is 0 Å². The van der Waals surface area contributed by atoms with Gasteiger partial charge in [0.2, 0.25) is 0 Å². The predicted octanol–water partition coefficient (Wildman–Crippen LogP) is 2.17. The molecule has 2 saturated heterocycles. The van der Waals surface area contributed by atoms with Crippen LogP contribution in [0.1, 0.15) is 23.0 Å². The van der Waals surface area contributed by atoms with Crippen molar-refractivity contribution in [2.45, 2.75) is 11.8 Å². The molecule has 2 aromatic carbocycles. The molecule has 2 aromatic rings. The van der Waals surface area contributed by atoms with E-state index in [2.05, 4.69) is 10.6 Å². The van der Waals surface area contributed by atoms with Gasteiger partial charge in [0.1, 0.15) is 11.5 Å². The minimum atomic E-state index is -0.738. The lowest BCUT2D eigenvalue weighted by atomic mass is 9.89. The average Bonchev–Trinajstić information content (AvgIpc) is 3.50. The second kappa shape index (κ2) is 11.0. The molecule has 172 valence electrons. The summed E-state index contributed by atoms with van der Waals surface area (Å²) < 4.78 is 10.2. The van der Waals surface area contributed by atoms with Crippen molar-refractivity contribution < 1.29 is 29.3 Å². The third-order valence-corrected chi connectivity index (χ3v) is 6.13. The summed E-state index contributed by atoms with van der Waals surface area (Å²) in [6, 6.07) is 15.2. The van der Waals surface area contributed by atoms with E-state index < -0.39 is 11.9 Å². The highest BCUT2D eigenvalue weighted by atomic mass is 16.5. The Kier molecular flexibility index (Phi) is 8.08. The molecule has 0 amide bonds. The summed E-state index contributed by atoms with van der Waals surface area (Å²) in [5.74, 6) is -0.477. The maximum absolute atomic E-state index is 11.1. The molecule has 2 heterocycles. The topological polar surface area (TPSA) is 117 Å². The zero-order valence-corrected chi connectivity index (χ0v) is 18.3. The van der Waals surface area contributed by atoms with Crippen LogP contribution >= 0.6 is 0 Å². The lowest BCUT2D eigenvalue weighted by molar-refractivity contribution is -0.142. The number of benzene rings is 2. The smallest absolute Gasteiger partial charge is 0.308 e. The minimum Gasteiger partial charge on any atom is -0.497 e.